The number of nitrogens with zero attached hydrogens (tertiary/aromatic N) is 3. The fourth-order valence-electron chi connectivity index (χ4n) is 2.72. The molecular weight excluding hydrogens is 298 g/mol. The predicted molar refractivity (Wildman–Crippen MR) is 87.5 cm³/mol. The van der Waals surface area contributed by atoms with E-state index in [9.17, 15) is 14.7 Å². The Bertz CT molecular complexity index is 427. The Morgan fingerprint density at radius 1 is 1.00 bits per heavy atom. The van der Waals surface area contributed by atoms with Crippen molar-refractivity contribution in [1.29, 1.82) is 0 Å². The van der Waals surface area contributed by atoms with Crippen LogP contribution in [0, 0.1) is 0 Å². The van der Waals surface area contributed by atoms with Gasteiger partial charge in [-0.1, -0.05) is 27.4 Å². The first kappa shape index (κ1) is 19.3. The number of carbonyl (C=O) groups is 2. The van der Waals surface area contributed by atoms with Gasteiger partial charge in [0.2, 0.25) is 0 Å². The van der Waals surface area contributed by atoms with E-state index in [4.69, 9.17) is 4.74 Å². The van der Waals surface area contributed by atoms with Gasteiger partial charge in [-0.3, -0.25) is 9.80 Å². The molecule has 1 saturated heterocycles. The topological polar surface area (TPSA) is 73.3 Å². The van der Waals surface area contributed by atoms with Crippen LogP contribution in [0.15, 0.2) is 12.3 Å². The first-order valence-electron chi connectivity index (χ1n) is 8.35. The summed E-state index contributed by atoms with van der Waals surface area (Å²) >= 11 is 0. The predicted octanol–water partition coefficient (Wildman–Crippen LogP) is 2.57. The van der Waals surface area contributed by atoms with Crippen molar-refractivity contribution in [3.63, 3.8) is 0 Å². The van der Waals surface area contributed by atoms with Gasteiger partial charge < -0.3 is 9.84 Å². The van der Waals surface area contributed by atoms with Gasteiger partial charge in [-0.25, -0.2) is 14.5 Å². The minimum absolute atomic E-state index is 0.000233. The summed E-state index contributed by atoms with van der Waals surface area (Å²) in [5.74, 6) is -1.94. The lowest BCUT2D eigenvalue weighted by Gasteiger charge is -2.52. The van der Waals surface area contributed by atoms with Crippen molar-refractivity contribution in [2.24, 2.45) is 0 Å². The first-order chi connectivity index (χ1) is 10.9. The Labute approximate surface area is 138 Å². The molecule has 1 aliphatic heterocycles. The van der Waals surface area contributed by atoms with E-state index in [1.807, 2.05) is 20.8 Å². The number of amides is 4. The summed E-state index contributed by atoms with van der Waals surface area (Å²) in [6.07, 6.45) is 1.94. The number of carbonyl (C=O) groups excluding carboxylic acids is 2. The third kappa shape index (κ3) is 3.44. The van der Waals surface area contributed by atoms with Crippen molar-refractivity contribution in [1.82, 2.24) is 14.7 Å². The second-order valence-electron chi connectivity index (χ2n) is 5.51. The van der Waals surface area contributed by atoms with Crippen molar-refractivity contribution < 1.29 is 19.4 Å². The maximum atomic E-state index is 12.7. The third-order valence-corrected chi connectivity index (χ3v) is 3.71. The Balaban J connectivity index is 3.36. The van der Waals surface area contributed by atoms with E-state index in [1.165, 1.54) is 14.7 Å². The molecule has 23 heavy (non-hydrogen) atoms. The number of hydrogen-bond acceptors (Lipinski definition) is 4. The summed E-state index contributed by atoms with van der Waals surface area (Å²) in [7, 11) is 0. The van der Waals surface area contributed by atoms with E-state index in [2.05, 4.69) is 6.58 Å². The molecule has 0 aromatic heterocycles. The highest BCUT2D eigenvalue weighted by molar-refractivity contribution is 5.97. The highest BCUT2D eigenvalue weighted by Crippen LogP contribution is 2.33. The van der Waals surface area contributed by atoms with Crippen LogP contribution in [0.5, 0.6) is 0 Å². The number of imide groups is 1. The molecule has 0 radical (unpaired) electrons. The van der Waals surface area contributed by atoms with Gasteiger partial charge in [0.25, 0.3) is 5.85 Å². The molecule has 132 valence electrons. The Morgan fingerprint density at radius 2 is 1.43 bits per heavy atom. The molecule has 1 N–H and O–H groups in total. The largest absolute Gasteiger partial charge is 0.492 e. The van der Waals surface area contributed by atoms with Crippen LogP contribution in [0.3, 0.4) is 0 Å². The summed E-state index contributed by atoms with van der Waals surface area (Å²) in [5, 5.41) is 11.2. The lowest BCUT2D eigenvalue weighted by Crippen LogP contribution is -2.74. The van der Waals surface area contributed by atoms with Crippen LogP contribution >= 0.6 is 0 Å². The third-order valence-electron chi connectivity index (χ3n) is 3.71. The molecule has 0 aromatic carbocycles. The maximum Gasteiger partial charge on any atom is 0.332 e. The molecular formula is C16H29N3O4. The normalized spacial score (nSPS) is 17.7. The fraction of sp³-hybridized carbons (Fsp3) is 0.750. The average Bonchev–Trinajstić information content (AvgIpc) is 2.52. The summed E-state index contributed by atoms with van der Waals surface area (Å²) in [4.78, 5) is 29.2. The molecule has 0 atom stereocenters. The molecule has 0 aliphatic carbocycles. The molecule has 7 nitrogen and oxygen atoms in total. The van der Waals surface area contributed by atoms with Crippen molar-refractivity contribution in [3.8, 4) is 0 Å². The molecule has 0 spiro atoms. The van der Waals surface area contributed by atoms with E-state index in [1.54, 1.807) is 6.92 Å². The van der Waals surface area contributed by atoms with Gasteiger partial charge in [-0.2, -0.15) is 0 Å². The molecule has 1 aliphatic rings. The minimum atomic E-state index is -1.94. The summed E-state index contributed by atoms with van der Waals surface area (Å²) < 4.78 is 5.38. The van der Waals surface area contributed by atoms with Crippen molar-refractivity contribution in [3.05, 3.63) is 12.3 Å². The van der Waals surface area contributed by atoms with Gasteiger partial charge >= 0.3 is 12.1 Å². The number of aliphatic hydroxyl groups is 1. The van der Waals surface area contributed by atoms with E-state index >= 15 is 0 Å². The van der Waals surface area contributed by atoms with Crippen LogP contribution in [0.25, 0.3) is 0 Å². The highest BCUT2D eigenvalue weighted by Gasteiger charge is 2.56. The lowest BCUT2D eigenvalue weighted by molar-refractivity contribution is -0.189. The van der Waals surface area contributed by atoms with Crippen LogP contribution in [0.1, 0.15) is 47.0 Å². The molecule has 0 aromatic rings. The average molecular weight is 327 g/mol. The molecule has 1 rings (SSSR count). The van der Waals surface area contributed by atoms with E-state index in [-0.39, 0.29) is 5.76 Å². The summed E-state index contributed by atoms with van der Waals surface area (Å²) in [6.45, 7) is 12.4. The van der Waals surface area contributed by atoms with Gasteiger partial charge in [0.05, 0.1) is 6.61 Å². The Kier molecular flexibility index (Phi) is 6.87. The van der Waals surface area contributed by atoms with E-state index in [0.29, 0.717) is 45.5 Å². The number of ether oxygens (including phenoxy) is 1. The molecule has 0 saturated carbocycles. The lowest BCUT2D eigenvalue weighted by atomic mass is 10.1. The van der Waals surface area contributed by atoms with Crippen LogP contribution in [0.2, 0.25) is 0 Å². The summed E-state index contributed by atoms with van der Waals surface area (Å²) in [6, 6.07) is -1.01. The second-order valence-corrected chi connectivity index (χ2v) is 5.51. The second kappa shape index (κ2) is 8.19. The molecule has 0 bridgehead atoms. The Morgan fingerprint density at radius 3 is 1.78 bits per heavy atom. The summed E-state index contributed by atoms with van der Waals surface area (Å²) in [5.41, 5.74) is 0. The zero-order chi connectivity index (χ0) is 17.6. The zero-order valence-corrected chi connectivity index (χ0v) is 14.7. The molecule has 7 heteroatoms. The Hall–Kier alpha value is -1.76. The smallest absolute Gasteiger partial charge is 0.332 e. The van der Waals surface area contributed by atoms with Crippen LogP contribution in [-0.2, 0) is 4.74 Å². The van der Waals surface area contributed by atoms with Crippen LogP contribution in [0.4, 0.5) is 9.59 Å². The van der Waals surface area contributed by atoms with Crippen molar-refractivity contribution in [2.75, 3.05) is 26.2 Å². The van der Waals surface area contributed by atoms with Gasteiger partial charge in [-0.05, 0) is 26.2 Å². The SMILES string of the molecule is C=C(OCC)C1(O)N(CCC)C(=O)N(CCC)C(=O)N1CCC. The molecule has 4 amide bonds. The number of hydrogen-bond donors (Lipinski definition) is 1. The molecule has 0 unspecified atom stereocenters. The number of rotatable bonds is 9. The standard InChI is InChI=1S/C16H29N3O4/c1-6-10-17-14(20)18(11-7-2)16(22,13(5)23-9-4)19(12-8-3)15(17)21/h22H,5-12H2,1-4H3. The fourth-order valence-corrected chi connectivity index (χ4v) is 2.72. The van der Waals surface area contributed by atoms with E-state index in [0.717, 1.165) is 0 Å². The van der Waals surface area contributed by atoms with Crippen LogP contribution in [-0.4, -0.2) is 64.0 Å². The molecule has 1 fully saturated rings. The van der Waals surface area contributed by atoms with Gasteiger partial charge in [0.15, 0.2) is 5.76 Å². The maximum absolute atomic E-state index is 12.7. The first-order valence-corrected chi connectivity index (χ1v) is 8.35. The minimum Gasteiger partial charge on any atom is -0.492 e. The van der Waals surface area contributed by atoms with Crippen molar-refractivity contribution in [2.45, 2.75) is 52.8 Å². The van der Waals surface area contributed by atoms with Gasteiger partial charge in [0.1, 0.15) is 0 Å². The van der Waals surface area contributed by atoms with Crippen molar-refractivity contribution >= 4 is 12.1 Å². The van der Waals surface area contributed by atoms with Crippen LogP contribution < -0.4 is 0 Å². The highest BCUT2D eigenvalue weighted by atomic mass is 16.5. The molecule has 1 heterocycles. The monoisotopic (exact) mass is 327 g/mol. The van der Waals surface area contributed by atoms with Gasteiger partial charge in [0, 0.05) is 19.6 Å². The zero-order valence-electron chi connectivity index (χ0n) is 14.7. The quantitative estimate of drug-likeness (QED) is 0.661. The van der Waals surface area contributed by atoms with E-state index < -0.39 is 17.9 Å². The number of urea groups is 2. The van der Waals surface area contributed by atoms with Gasteiger partial charge in [-0.15, -0.1) is 0 Å².